The molecule has 0 saturated carbocycles. The molecule has 0 bridgehead atoms. The van der Waals surface area contributed by atoms with Crippen LogP contribution in [-0.4, -0.2) is 17.1 Å². The molecule has 6 nitrogen and oxygen atoms in total. The van der Waals surface area contributed by atoms with Gasteiger partial charge in [-0.1, -0.05) is 72.0 Å². The highest BCUT2D eigenvalue weighted by molar-refractivity contribution is 14.1. The van der Waals surface area contributed by atoms with Gasteiger partial charge in [0.25, 0.3) is 5.56 Å². The SMILES string of the molecule is CCOC(=O)C1=C(c2ccccc2)N=c2s/c(=C\c3cc(I)c(OCc4ccccc4F)c(I)c3)c(=O)n2[C@@H]1c1ccc(F)cc1. The number of thiazole rings is 1. The fraction of sp³-hybridized carbons (Fsp3) is 0.114. The predicted octanol–water partition coefficient (Wildman–Crippen LogP) is 7.00. The zero-order valence-electron chi connectivity index (χ0n) is 24.2. The van der Waals surface area contributed by atoms with E-state index in [1.807, 2.05) is 42.5 Å². The first-order chi connectivity index (χ1) is 22.2. The molecule has 1 aliphatic heterocycles. The number of carbonyl (C=O) groups is 1. The highest BCUT2D eigenvalue weighted by atomic mass is 127. The number of aromatic nitrogens is 1. The van der Waals surface area contributed by atoms with Crippen molar-refractivity contribution in [3.8, 4) is 5.75 Å². The molecule has 1 aromatic heterocycles. The Hall–Kier alpha value is -3.69. The first-order valence-electron chi connectivity index (χ1n) is 14.1. The van der Waals surface area contributed by atoms with E-state index in [0.29, 0.717) is 37.5 Å². The first kappa shape index (κ1) is 32.3. The number of ether oxygens (including phenoxy) is 2. The van der Waals surface area contributed by atoms with Crippen molar-refractivity contribution in [2.45, 2.75) is 19.6 Å². The van der Waals surface area contributed by atoms with Crippen molar-refractivity contribution in [3.63, 3.8) is 0 Å². The minimum Gasteiger partial charge on any atom is -0.487 e. The maximum Gasteiger partial charge on any atom is 0.338 e. The van der Waals surface area contributed by atoms with E-state index in [4.69, 9.17) is 14.5 Å². The molecule has 1 atom stereocenters. The third kappa shape index (κ3) is 6.58. The van der Waals surface area contributed by atoms with Gasteiger partial charge in [-0.2, -0.15) is 0 Å². The van der Waals surface area contributed by atoms with Crippen LogP contribution in [0.15, 0.2) is 106 Å². The molecule has 232 valence electrons. The van der Waals surface area contributed by atoms with Crippen LogP contribution in [-0.2, 0) is 16.1 Å². The van der Waals surface area contributed by atoms with Gasteiger partial charge in [0, 0.05) is 11.1 Å². The number of hydrogen-bond donors (Lipinski definition) is 0. The van der Waals surface area contributed by atoms with Gasteiger partial charge in [0.1, 0.15) is 24.0 Å². The third-order valence-corrected chi connectivity index (χ3v) is 9.79. The topological polar surface area (TPSA) is 69.9 Å². The minimum atomic E-state index is -0.900. The van der Waals surface area contributed by atoms with Crippen molar-refractivity contribution >= 4 is 74.3 Å². The van der Waals surface area contributed by atoms with Crippen LogP contribution in [0.2, 0.25) is 0 Å². The minimum absolute atomic E-state index is 0.0759. The van der Waals surface area contributed by atoms with Crippen molar-refractivity contribution in [2.24, 2.45) is 4.99 Å². The summed E-state index contributed by atoms with van der Waals surface area (Å²) in [4.78, 5) is 32.9. The number of benzene rings is 4. The van der Waals surface area contributed by atoms with Crippen LogP contribution in [0, 0.1) is 18.8 Å². The molecule has 0 fully saturated rings. The molecule has 0 saturated heterocycles. The molecule has 0 spiro atoms. The lowest BCUT2D eigenvalue weighted by molar-refractivity contribution is -0.138. The van der Waals surface area contributed by atoms with Crippen molar-refractivity contribution < 1.29 is 23.0 Å². The van der Waals surface area contributed by atoms with Crippen LogP contribution in [0.4, 0.5) is 8.78 Å². The lowest BCUT2D eigenvalue weighted by Gasteiger charge is -2.25. The molecular formula is C35H24F2I2N2O4S. The third-order valence-electron chi connectivity index (χ3n) is 7.21. The monoisotopic (exact) mass is 860 g/mol. The van der Waals surface area contributed by atoms with E-state index in [-0.39, 0.29) is 30.2 Å². The Morgan fingerprint density at radius 2 is 1.65 bits per heavy atom. The summed E-state index contributed by atoms with van der Waals surface area (Å²) in [5, 5.41) is 0. The molecule has 0 aliphatic carbocycles. The Balaban J connectivity index is 1.48. The van der Waals surface area contributed by atoms with E-state index in [0.717, 1.165) is 12.7 Å². The quantitative estimate of drug-likeness (QED) is 0.125. The second-order valence-electron chi connectivity index (χ2n) is 10.2. The van der Waals surface area contributed by atoms with Gasteiger partial charge in [0.15, 0.2) is 4.80 Å². The molecule has 46 heavy (non-hydrogen) atoms. The molecule has 5 aromatic rings. The molecule has 1 aliphatic rings. The van der Waals surface area contributed by atoms with E-state index in [9.17, 15) is 18.4 Å². The van der Waals surface area contributed by atoms with E-state index in [1.54, 1.807) is 43.3 Å². The normalized spacial score (nSPS) is 14.5. The molecule has 0 amide bonds. The second-order valence-corrected chi connectivity index (χ2v) is 13.5. The Labute approximate surface area is 294 Å². The molecular weight excluding hydrogens is 836 g/mol. The fourth-order valence-electron chi connectivity index (χ4n) is 5.12. The summed E-state index contributed by atoms with van der Waals surface area (Å²) in [5.41, 5.74) is 2.67. The fourth-order valence-corrected chi connectivity index (χ4v) is 8.25. The van der Waals surface area contributed by atoms with Gasteiger partial charge in [-0.15, -0.1) is 0 Å². The highest BCUT2D eigenvalue weighted by Gasteiger charge is 2.35. The van der Waals surface area contributed by atoms with Crippen LogP contribution >= 0.6 is 56.5 Å². The number of nitrogens with zero attached hydrogens (tertiary/aromatic N) is 2. The number of rotatable bonds is 8. The first-order valence-corrected chi connectivity index (χ1v) is 17.1. The predicted molar refractivity (Wildman–Crippen MR) is 190 cm³/mol. The van der Waals surface area contributed by atoms with Crippen molar-refractivity contribution in [1.29, 1.82) is 0 Å². The Morgan fingerprint density at radius 3 is 2.33 bits per heavy atom. The lowest BCUT2D eigenvalue weighted by Crippen LogP contribution is -2.40. The second kappa shape index (κ2) is 14.0. The smallest absolute Gasteiger partial charge is 0.338 e. The highest BCUT2D eigenvalue weighted by Crippen LogP contribution is 2.35. The van der Waals surface area contributed by atoms with Gasteiger partial charge in [0.05, 0.1) is 35.6 Å². The summed E-state index contributed by atoms with van der Waals surface area (Å²) in [7, 11) is 0. The van der Waals surface area contributed by atoms with E-state index < -0.39 is 17.8 Å². The molecule has 2 heterocycles. The molecule has 0 unspecified atom stereocenters. The van der Waals surface area contributed by atoms with E-state index in [1.165, 1.54) is 34.1 Å². The van der Waals surface area contributed by atoms with Crippen LogP contribution in [0.3, 0.4) is 0 Å². The molecule has 0 N–H and O–H groups in total. The summed E-state index contributed by atoms with van der Waals surface area (Å²) in [5.74, 6) is -0.763. The van der Waals surface area contributed by atoms with Crippen LogP contribution < -0.4 is 19.6 Å². The number of esters is 1. The van der Waals surface area contributed by atoms with E-state index >= 15 is 0 Å². The Kier molecular flexibility index (Phi) is 9.80. The average Bonchev–Trinajstić information content (AvgIpc) is 3.35. The summed E-state index contributed by atoms with van der Waals surface area (Å²) in [6.45, 7) is 1.91. The number of carbonyl (C=O) groups excluding carboxylic acids is 1. The van der Waals surface area contributed by atoms with Crippen molar-refractivity contribution in [1.82, 2.24) is 4.57 Å². The maximum absolute atomic E-state index is 14.1. The van der Waals surface area contributed by atoms with Gasteiger partial charge in [-0.3, -0.25) is 9.36 Å². The molecule has 11 heteroatoms. The van der Waals surface area contributed by atoms with Crippen LogP contribution in [0.5, 0.6) is 5.75 Å². The van der Waals surface area contributed by atoms with Crippen molar-refractivity contribution in [3.05, 3.63) is 157 Å². The van der Waals surface area contributed by atoms with Crippen LogP contribution in [0.1, 0.15) is 35.2 Å². The zero-order valence-corrected chi connectivity index (χ0v) is 29.3. The number of fused-ring (bicyclic) bond motifs is 1. The van der Waals surface area contributed by atoms with Gasteiger partial charge >= 0.3 is 5.97 Å². The largest absolute Gasteiger partial charge is 0.487 e. The van der Waals surface area contributed by atoms with Crippen LogP contribution in [0.25, 0.3) is 11.8 Å². The summed E-state index contributed by atoms with van der Waals surface area (Å²) < 4.78 is 43.1. The Bertz CT molecular complexity index is 2140. The van der Waals surface area contributed by atoms with Gasteiger partial charge in [-0.25, -0.2) is 18.6 Å². The average molecular weight is 860 g/mol. The van der Waals surface area contributed by atoms with Gasteiger partial charge < -0.3 is 9.47 Å². The standard InChI is InChI=1S/C35H24F2I2N2O4S/c1-2-44-34(43)29-30(21-8-4-3-5-9-21)40-35-41(31(29)22-12-14-24(36)15-13-22)33(42)28(46-35)18-20-16-26(38)32(27(39)17-20)45-19-23-10-6-7-11-25(23)37/h3-18,31H,2,19H2,1H3/b28-18-/t31-/m1/s1. The summed E-state index contributed by atoms with van der Waals surface area (Å²) in [6, 6.07) is 24.3. The number of halogens is 4. The van der Waals surface area contributed by atoms with E-state index in [2.05, 4.69) is 45.2 Å². The summed E-state index contributed by atoms with van der Waals surface area (Å²) in [6.07, 6.45) is 1.77. The maximum atomic E-state index is 14.1. The summed E-state index contributed by atoms with van der Waals surface area (Å²) >= 11 is 5.52. The number of hydrogen-bond acceptors (Lipinski definition) is 6. The van der Waals surface area contributed by atoms with Gasteiger partial charge in [-0.05, 0) is 99.6 Å². The van der Waals surface area contributed by atoms with Crippen molar-refractivity contribution in [2.75, 3.05) is 6.61 Å². The van der Waals surface area contributed by atoms with Gasteiger partial charge in [0.2, 0.25) is 0 Å². The molecule has 0 radical (unpaired) electrons. The Morgan fingerprint density at radius 1 is 0.978 bits per heavy atom. The molecule has 6 rings (SSSR count). The zero-order chi connectivity index (χ0) is 32.4. The molecule has 4 aromatic carbocycles. The lowest BCUT2D eigenvalue weighted by atomic mass is 9.93.